The Balaban J connectivity index is 1.58. The summed E-state index contributed by atoms with van der Waals surface area (Å²) in [5.41, 5.74) is 2.92. The highest BCUT2D eigenvalue weighted by Gasteiger charge is 2.30. The van der Waals surface area contributed by atoms with Crippen LogP contribution >= 0.6 is 0 Å². The molecule has 55 heavy (non-hydrogen) atoms. The number of alkyl carbamates (subject to hydrolysis) is 1. The number of carbonyl (C=O) groups excluding carboxylic acids is 1. The van der Waals surface area contributed by atoms with E-state index in [-0.39, 0.29) is 18.2 Å². The van der Waals surface area contributed by atoms with Crippen molar-refractivity contribution in [3.63, 3.8) is 0 Å². The zero-order valence-electron chi connectivity index (χ0n) is 34.4. The predicted octanol–water partition coefficient (Wildman–Crippen LogP) is 8.28. The normalized spacial score (nSPS) is 15.8. The van der Waals surface area contributed by atoms with Gasteiger partial charge >= 0.3 is 6.09 Å². The second-order valence-corrected chi connectivity index (χ2v) is 15.5. The lowest BCUT2D eigenvalue weighted by atomic mass is 9.86. The molecule has 300 valence electrons. The smallest absolute Gasteiger partial charge is 0.407 e. The van der Waals surface area contributed by atoms with Gasteiger partial charge in [-0.05, 0) is 96.9 Å². The van der Waals surface area contributed by atoms with E-state index >= 15 is 0 Å². The van der Waals surface area contributed by atoms with E-state index in [9.17, 15) is 4.79 Å². The van der Waals surface area contributed by atoms with Crippen molar-refractivity contribution in [1.82, 2.24) is 25.1 Å². The van der Waals surface area contributed by atoms with Crippen LogP contribution in [0.1, 0.15) is 97.0 Å². The molecule has 2 aromatic heterocycles. The van der Waals surface area contributed by atoms with E-state index in [0.29, 0.717) is 53.7 Å². The first-order valence-corrected chi connectivity index (χ1v) is 19.4. The van der Waals surface area contributed by atoms with E-state index in [4.69, 9.17) is 43.6 Å². The van der Waals surface area contributed by atoms with Crippen LogP contribution in [-0.2, 0) is 30.8 Å². The lowest BCUT2D eigenvalue weighted by Crippen LogP contribution is -2.41. The number of ether oxygens (including phenoxy) is 6. The summed E-state index contributed by atoms with van der Waals surface area (Å²) in [6.45, 7) is 13.5. The second kappa shape index (κ2) is 18.6. The number of fused-ring (bicyclic) bond motifs is 1. The third kappa shape index (κ3) is 10.6. The van der Waals surface area contributed by atoms with E-state index in [1.54, 1.807) is 28.4 Å². The fourth-order valence-corrected chi connectivity index (χ4v) is 7.10. The second-order valence-electron chi connectivity index (χ2n) is 15.5. The van der Waals surface area contributed by atoms with Crippen LogP contribution in [0.3, 0.4) is 0 Å². The highest BCUT2D eigenvalue weighted by molar-refractivity contribution is 5.90. The molecule has 1 aliphatic rings. The molecule has 0 saturated heterocycles. The van der Waals surface area contributed by atoms with Gasteiger partial charge in [-0.1, -0.05) is 13.3 Å². The van der Waals surface area contributed by atoms with E-state index in [1.165, 1.54) is 0 Å². The van der Waals surface area contributed by atoms with Gasteiger partial charge in [0.15, 0.2) is 5.82 Å². The van der Waals surface area contributed by atoms with E-state index in [1.807, 2.05) is 71.0 Å². The Labute approximate surface area is 326 Å². The van der Waals surface area contributed by atoms with Gasteiger partial charge in [0.2, 0.25) is 0 Å². The maximum Gasteiger partial charge on any atom is 0.407 e. The molecule has 0 atom stereocenters. The SMILES string of the molecule is CCCCc1nc2c(N(Cc3ccc(OC)cc3OC)Cc3ccc(OC)cc3OC)nnc(OC(C)C)c2n1CC1CCC(NC(=O)OC(C)(C)C)CC1. The van der Waals surface area contributed by atoms with Crippen LogP contribution in [0.5, 0.6) is 28.9 Å². The van der Waals surface area contributed by atoms with Gasteiger partial charge < -0.3 is 43.2 Å². The lowest BCUT2D eigenvalue weighted by molar-refractivity contribution is 0.0486. The fourth-order valence-electron chi connectivity index (χ4n) is 7.10. The highest BCUT2D eigenvalue weighted by Crippen LogP contribution is 2.38. The summed E-state index contributed by atoms with van der Waals surface area (Å²) in [7, 11) is 6.60. The predicted molar refractivity (Wildman–Crippen MR) is 214 cm³/mol. The third-order valence-corrected chi connectivity index (χ3v) is 9.82. The Bertz CT molecular complexity index is 1820. The molecule has 1 saturated carbocycles. The lowest BCUT2D eigenvalue weighted by Gasteiger charge is -2.30. The summed E-state index contributed by atoms with van der Waals surface area (Å²) in [5, 5.41) is 12.7. The summed E-state index contributed by atoms with van der Waals surface area (Å²) in [5.74, 6) is 5.25. The number of aromatic nitrogens is 4. The highest BCUT2D eigenvalue weighted by atomic mass is 16.6. The molecule has 0 radical (unpaired) electrons. The topological polar surface area (TPSA) is 131 Å². The van der Waals surface area contributed by atoms with Crippen molar-refractivity contribution in [2.75, 3.05) is 33.3 Å². The first-order valence-electron chi connectivity index (χ1n) is 19.4. The molecule has 0 unspecified atom stereocenters. The first-order chi connectivity index (χ1) is 26.4. The van der Waals surface area contributed by atoms with Crippen molar-refractivity contribution in [2.24, 2.45) is 5.92 Å². The van der Waals surface area contributed by atoms with Crippen LogP contribution in [0.4, 0.5) is 10.6 Å². The van der Waals surface area contributed by atoms with Gasteiger partial charge in [-0.3, -0.25) is 0 Å². The number of amides is 1. The number of methoxy groups -OCH3 is 4. The largest absolute Gasteiger partial charge is 0.497 e. The molecule has 0 bridgehead atoms. The summed E-state index contributed by atoms with van der Waals surface area (Å²) >= 11 is 0. The molecular weight excluding hydrogens is 700 g/mol. The van der Waals surface area contributed by atoms with E-state index < -0.39 is 5.60 Å². The molecule has 5 rings (SSSR count). The van der Waals surface area contributed by atoms with Gasteiger partial charge in [-0.25, -0.2) is 9.78 Å². The Morgan fingerprint density at radius 1 is 0.891 bits per heavy atom. The molecule has 13 nitrogen and oxygen atoms in total. The van der Waals surface area contributed by atoms with Gasteiger partial charge in [0.1, 0.15) is 45.5 Å². The average molecular weight is 761 g/mol. The number of aryl methyl sites for hydroxylation is 1. The number of unbranched alkanes of at least 4 members (excludes halogenated alkanes) is 1. The molecule has 1 fully saturated rings. The summed E-state index contributed by atoms with van der Waals surface area (Å²) in [4.78, 5) is 20.1. The average Bonchev–Trinajstić information content (AvgIpc) is 3.51. The van der Waals surface area contributed by atoms with Crippen LogP contribution in [0.2, 0.25) is 0 Å². The molecular formula is C42H60N6O7. The van der Waals surface area contributed by atoms with Crippen molar-refractivity contribution in [3.05, 3.63) is 53.3 Å². The van der Waals surface area contributed by atoms with Crippen LogP contribution < -0.4 is 33.9 Å². The maximum atomic E-state index is 12.5. The van der Waals surface area contributed by atoms with Gasteiger partial charge in [0.05, 0.1) is 34.5 Å². The number of hydrogen-bond donors (Lipinski definition) is 1. The number of imidazole rings is 1. The monoisotopic (exact) mass is 760 g/mol. The van der Waals surface area contributed by atoms with E-state index in [0.717, 1.165) is 79.5 Å². The van der Waals surface area contributed by atoms with Gasteiger partial charge in [0.25, 0.3) is 5.88 Å². The summed E-state index contributed by atoms with van der Waals surface area (Å²) in [6.07, 6.45) is 6.02. The number of nitrogens with zero attached hydrogens (tertiary/aromatic N) is 5. The minimum absolute atomic E-state index is 0.0842. The fraction of sp³-hybridized carbons (Fsp3) is 0.571. The zero-order chi connectivity index (χ0) is 39.7. The van der Waals surface area contributed by atoms with Gasteiger partial charge in [-0.15, -0.1) is 10.2 Å². The number of benzene rings is 2. The minimum atomic E-state index is -0.535. The molecule has 4 aromatic rings. The van der Waals surface area contributed by atoms with Crippen LogP contribution in [0.15, 0.2) is 36.4 Å². The summed E-state index contributed by atoms with van der Waals surface area (Å²) < 4.78 is 37.0. The number of rotatable bonds is 17. The van der Waals surface area contributed by atoms with Crippen LogP contribution in [0, 0.1) is 5.92 Å². The number of anilines is 1. The number of nitrogens with one attached hydrogen (secondary N) is 1. The van der Waals surface area contributed by atoms with E-state index in [2.05, 4.69) is 21.7 Å². The van der Waals surface area contributed by atoms with Gasteiger partial charge in [-0.2, -0.15) is 0 Å². The van der Waals surface area contributed by atoms with Crippen LogP contribution in [0.25, 0.3) is 11.0 Å². The van der Waals surface area contributed by atoms with Gasteiger partial charge in [0, 0.05) is 55.4 Å². The van der Waals surface area contributed by atoms with Crippen LogP contribution in [-0.4, -0.2) is 72.0 Å². The number of hydrogen-bond acceptors (Lipinski definition) is 11. The molecule has 1 amide bonds. The zero-order valence-corrected chi connectivity index (χ0v) is 34.4. The molecule has 0 aliphatic heterocycles. The molecule has 2 heterocycles. The minimum Gasteiger partial charge on any atom is -0.497 e. The maximum absolute atomic E-state index is 12.5. The standard InChI is InChI=1S/C42H60N6O7/c1-11-12-13-36-44-37-38(48(36)24-28-14-18-31(19-15-28)43-41(49)55-42(4,5)6)40(54-27(2)3)46-45-39(37)47(25-29-16-20-32(50-7)22-34(29)52-9)26-30-17-21-33(51-8)23-35(30)53-10/h16-17,20-23,27-28,31H,11-15,18-19,24-26H2,1-10H3,(H,43,49). The first kappa shape index (κ1) is 41.2. The molecule has 1 aliphatic carbocycles. The Morgan fingerprint density at radius 3 is 2.00 bits per heavy atom. The van der Waals surface area contributed by atoms with Crippen molar-refractivity contribution in [2.45, 2.75) is 124 Å². The Morgan fingerprint density at radius 2 is 1.49 bits per heavy atom. The van der Waals surface area contributed by atoms with Crippen molar-refractivity contribution in [3.8, 4) is 28.9 Å². The van der Waals surface area contributed by atoms with Crippen molar-refractivity contribution < 1.29 is 33.2 Å². The summed E-state index contributed by atoms with van der Waals surface area (Å²) in [6, 6.07) is 11.7. The van der Waals surface area contributed by atoms with Crippen molar-refractivity contribution in [1.29, 1.82) is 0 Å². The molecule has 0 spiro atoms. The molecule has 13 heteroatoms. The Kier molecular flexibility index (Phi) is 13.9. The number of carbonyl (C=O) groups is 1. The van der Waals surface area contributed by atoms with Crippen molar-refractivity contribution >= 4 is 22.9 Å². The quantitative estimate of drug-likeness (QED) is 0.112. The molecule has 2 aromatic carbocycles. The Hall–Kier alpha value is -4.94. The molecule has 1 N–H and O–H groups in total. The third-order valence-electron chi connectivity index (χ3n) is 9.82.